The van der Waals surface area contributed by atoms with E-state index in [2.05, 4.69) is 4.98 Å². The second-order valence-electron chi connectivity index (χ2n) is 7.03. The number of hydrogen-bond acceptors (Lipinski definition) is 7. The molecule has 0 radical (unpaired) electrons. The van der Waals surface area contributed by atoms with E-state index < -0.39 is 16.0 Å². The molecule has 10 heteroatoms. The van der Waals surface area contributed by atoms with Crippen LogP contribution in [0.5, 0.6) is 0 Å². The van der Waals surface area contributed by atoms with Crippen molar-refractivity contribution in [3.05, 3.63) is 47.2 Å². The van der Waals surface area contributed by atoms with Gasteiger partial charge in [0.1, 0.15) is 36.1 Å². The molecule has 0 saturated carbocycles. The van der Waals surface area contributed by atoms with Gasteiger partial charge in [0.2, 0.25) is 10.0 Å². The van der Waals surface area contributed by atoms with Crippen molar-refractivity contribution >= 4 is 27.0 Å². The van der Waals surface area contributed by atoms with Gasteiger partial charge in [-0.05, 0) is 37.6 Å². The molecule has 3 aromatic rings. The fraction of sp³-hybridized carbons (Fsp3) is 0.400. The van der Waals surface area contributed by atoms with Gasteiger partial charge in [-0.1, -0.05) is 6.92 Å². The summed E-state index contributed by atoms with van der Waals surface area (Å²) in [5.41, 5.74) is 1.53. The number of imidazole rings is 1. The molecule has 0 atom stereocenters. The minimum absolute atomic E-state index is 0.0810. The van der Waals surface area contributed by atoms with E-state index in [-0.39, 0.29) is 29.4 Å². The third-order valence-electron chi connectivity index (χ3n) is 4.70. The first-order chi connectivity index (χ1) is 14.2. The molecule has 1 aromatic carbocycles. The summed E-state index contributed by atoms with van der Waals surface area (Å²) in [5, 5.41) is 9.15. The van der Waals surface area contributed by atoms with Gasteiger partial charge in [-0.2, -0.15) is 0 Å². The average molecular weight is 436 g/mol. The molecular formula is C20H25N3O6S. The van der Waals surface area contributed by atoms with Gasteiger partial charge in [0.05, 0.1) is 15.9 Å². The molecular weight excluding hydrogens is 410 g/mol. The smallest absolute Gasteiger partial charge is 0.342 e. The Balaban J connectivity index is 1.91. The highest BCUT2D eigenvalue weighted by Crippen LogP contribution is 2.23. The Morgan fingerprint density at radius 1 is 1.30 bits per heavy atom. The first kappa shape index (κ1) is 22.0. The lowest BCUT2D eigenvalue weighted by Crippen LogP contribution is -2.22. The van der Waals surface area contributed by atoms with E-state index in [4.69, 9.17) is 14.3 Å². The summed E-state index contributed by atoms with van der Waals surface area (Å²) in [7, 11) is -0.638. The molecule has 3 rings (SSSR count). The SMILES string of the molecule is CCCn1c(COC(=O)c2cc(CO)oc2C)nc2cc(S(=O)(=O)N(C)C)ccc21. The normalized spacial score (nSPS) is 12.1. The summed E-state index contributed by atoms with van der Waals surface area (Å²) in [5.74, 6) is 0.585. The van der Waals surface area contributed by atoms with Gasteiger partial charge in [0.15, 0.2) is 0 Å². The molecule has 2 aromatic heterocycles. The van der Waals surface area contributed by atoms with Crippen LogP contribution in [0.4, 0.5) is 0 Å². The number of carbonyl (C=O) groups is 1. The Bertz CT molecular complexity index is 1180. The largest absolute Gasteiger partial charge is 0.463 e. The average Bonchev–Trinajstić information content (AvgIpc) is 3.26. The van der Waals surface area contributed by atoms with Crippen LogP contribution >= 0.6 is 0 Å². The van der Waals surface area contributed by atoms with E-state index in [1.54, 1.807) is 19.1 Å². The van der Waals surface area contributed by atoms with Crippen LogP contribution in [0, 0.1) is 6.92 Å². The zero-order valence-electron chi connectivity index (χ0n) is 17.4. The zero-order chi connectivity index (χ0) is 22.1. The number of aromatic nitrogens is 2. The second-order valence-corrected chi connectivity index (χ2v) is 9.19. The number of rotatable bonds is 8. The summed E-state index contributed by atoms with van der Waals surface area (Å²) < 4.78 is 38.6. The molecule has 0 amide bonds. The fourth-order valence-corrected chi connectivity index (χ4v) is 4.07. The van der Waals surface area contributed by atoms with E-state index in [1.807, 2.05) is 11.5 Å². The number of nitrogens with zero attached hydrogens (tertiary/aromatic N) is 3. The minimum atomic E-state index is -3.58. The van der Waals surface area contributed by atoms with Gasteiger partial charge in [-0.25, -0.2) is 22.5 Å². The molecule has 0 fully saturated rings. The van der Waals surface area contributed by atoms with E-state index in [0.717, 1.165) is 16.2 Å². The summed E-state index contributed by atoms with van der Waals surface area (Å²) >= 11 is 0. The quantitative estimate of drug-likeness (QED) is 0.540. The van der Waals surface area contributed by atoms with Gasteiger partial charge in [-0.3, -0.25) is 0 Å². The maximum atomic E-state index is 12.4. The second kappa shape index (κ2) is 8.58. The zero-order valence-corrected chi connectivity index (χ0v) is 18.2. The third kappa shape index (κ3) is 4.11. The van der Waals surface area contributed by atoms with Gasteiger partial charge in [0, 0.05) is 20.6 Å². The number of esters is 1. The number of hydrogen-bond donors (Lipinski definition) is 1. The van der Waals surface area contributed by atoms with Crippen molar-refractivity contribution in [1.29, 1.82) is 0 Å². The van der Waals surface area contributed by atoms with Crippen LogP contribution in [0.15, 0.2) is 33.6 Å². The molecule has 0 aliphatic carbocycles. The van der Waals surface area contributed by atoms with Crippen molar-refractivity contribution in [2.24, 2.45) is 0 Å². The van der Waals surface area contributed by atoms with E-state index in [1.165, 1.54) is 26.2 Å². The van der Waals surface area contributed by atoms with Crippen molar-refractivity contribution in [2.45, 2.75) is 44.9 Å². The van der Waals surface area contributed by atoms with Crippen LogP contribution in [-0.2, 0) is 34.5 Å². The molecule has 9 nitrogen and oxygen atoms in total. The van der Waals surface area contributed by atoms with E-state index in [0.29, 0.717) is 23.6 Å². The highest BCUT2D eigenvalue weighted by molar-refractivity contribution is 7.89. The Morgan fingerprint density at radius 2 is 2.03 bits per heavy atom. The predicted octanol–water partition coefficient (Wildman–Crippen LogP) is 2.45. The maximum absolute atomic E-state index is 12.4. The molecule has 162 valence electrons. The molecule has 1 N–H and O–H groups in total. The lowest BCUT2D eigenvalue weighted by Gasteiger charge is -2.11. The maximum Gasteiger partial charge on any atom is 0.342 e. The highest BCUT2D eigenvalue weighted by atomic mass is 32.2. The topological polar surface area (TPSA) is 115 Å². The van der Waals surface area contributed by atoms with Crippen molar-refractivity contribution in [3.8, 4) is 0 Å². The number of fused-ring (bicyclic) bond motifs is 1. The van der Waals surface area contributed by atoms with Gasteiger partial charge in [0.25, 0.3) is 0 Å². The third-order valence-corrected chi connectivity index (χ3v) is 6.51. The van der Waals surface area contributed by atoms with Crippen LogP contribution in [0.2, 0.25) is 0 Å². The van der Waals surface area contributed by atoms with Crippen molar-refractivity contribution in [2.75, 3.05) is 14.1 Å². The number of aliphatic hydroxyl groups excluding tert-OH is 1. The van der Waals surface area contributed by atoms with Crippen LogP contribution in [-0.4, -0.2) is 47.4 Å². The summed E-state index contributed by atoms with van der Waals surface area (Å²) in [6.07, 6.45) is 0.824. The van der Waals surface area contributed by atoms with Crippen LogP contribution in [0.25, 0.3) is 11.0 Å². The first-order valence-electron chi connectivity index (χ1n) is 9.48. The number of aryl methyl sites for hydroxylation is 2. The van der Waals surface area contributed by atoms with Gasteiger partial charge >= 0.3 is 5.97 Å². The monoisotopic (exact) mass is 435 g/mol. The van der Waals surface area contributed by atoms with Crippen LogP contribution in [0.3, 0.4) is 0 Å². The molecule has 2 heterocycles. The Labute approximate surface area is 174 Å². The first-order valence-corrected chi connectivity index (χ1v) is 10.9. The molecule has 30 heavy (non-hydrogen) atoms. The fourth-order valence-electron chi connectivity index (χ4n) is 3.15. The predicted molar refractivity (Wildman–Crippen MR) is 109 cm³/mol. The van der Waals surface area contributed by atoms with Crippen LogP contribution < -0.4 is 0 Å². The highest BCUT2D eigenvalue weighted by Gasteiger charge is 2.21. The number of carbonyl (C=O) groups excluding carboxylic acids is 1. The molecule has 0 bridgehead atoms. The van der Waals surface area contributed by atoms with Gasteiger partial charge in [-0.15, -0.1) is 0 Å². The summed E-state index contributed by atoms with van der Waals surface area (Å²) in [6, 6.07) is 6.24. The van der Waals surface area contributed by atoms with Crippen LogP contribution in [0.1, 0.15) is 41.0 Å². The molecule has 0 aliphatic rings. The molecule has 0 spiro atoms. The molecule has 0 aliphatic heterocycles. The lowest BCUT2D eigenvalue weighted by molar-refractivity contribution is 0.0456. The Hall–Kier alpha value is -2.69. The molecule has 0 unspecified atom stereocenters. The minimum Gasteiger partial charge on any atom is -0.463 e. The van der Waals surface area contributed by atoms with Gasteiger partial charge < -0.3 is 18.8 Å². The van der Waals surface area contributed by atoms with Crippen molar-refractivity contribution in [3.63, 3.8) is 0 Å². The number of ether oxygens (including phenoxy) is 1. The van der Waals surface area contributed by atoms with Crippen molar-refractivity contribution in [1.82, 2.24) is 13.9 Å². The number of benzene rings is 1. The number of furan rings is 1. The standard InChI is InChI=1S/C20H25N3O6S/c1-5-8-23-18-7-6-15(30(26,27)22(3)4)10-17(18)21-19(23)12-28-20(25)16-9-14(11-24)29-13(16)2/h6-7,9-10,24H,5,8,11-12H2,1-4H3. The van der Waals surface area contributed by atoms with Crippen molar-refractivity contribution < 1.29 is 27.5 Å². The Morgan fingerprint density at radius 3 is 2.63 bits per heavy atom. The molecule has 0 saturated heterocycles. The number of aliphatic hydroxyl groups is 1. The lowest BCUT2D eigenvalue weighted by atomic mass is 10.2. The number of sulfonamides is 1. The summed E-state index contributed by atoms with van der Waals surface area (Å²) in [6.45, 7) is 3.88. The van der Waals surface area contributed by atoms with E-state index >= 15 is 0 Å². The Kier molecular flexibility index (Phi) is 6.30. The van der Waals surface area contributed by atoms with E-state index in [9.17, 15) is 13.2 Å². The summed E-state index contributed by atoms with van der Waals surface area (Å²) in [4.78, 5) is 17.1.